The van der Waals surface area contributed by atoms with Crippen LogP contribution in [0.25, 0.3) is 21.3 Å². The van der Waals surface area contributed by atoms with Gasteiger partial charge in [0.25, 0.3) is 0 Å². The highest BCUT2D eigenvalue weighted by Crippen LogP contribution is 2.30. The summed E-state index contributed by atoms with van der Waals surface area (Å²) in [7, 11) is 0. The minimum atomic E-state index is 1.19. The highest BCUT2D eigenvalue weighted by atomic mass is 32.1. The molecular formula is C12H9NS. The fourth-order valence-corrected chi connectivity index (χ4v) is 2.54. The smallest absolute Gasteiger partial charge is 0.0460 e. The maximum Gasteiger partial charge on any atom is 0.0460 e. The Morgan fingerprint density at radius 1 is 1.00 bits per heavy atom. The second-order valence-corrected chi connectivity index (χ2v) is 4.17. The lowest BCUT2D eigenvalue weighted by atomic mass is 10.1. The Labute approximate surface area is 86.0 Å². The first kappa shape index (κ1) is 7.83. The van der Waals surface area contributed by atoms with Crippen LogP contribution >= 0.6 is 11.3 Å². The number of H-pyrrole nitrogens is 1. The predicted octanol–water partition coefficient (Wildman–Crippen LogP) is 3.90. The molecule has 0 fully saturated rings. The summed E-state index contributed by atoms with van der Waals surface area (Å²) in [6, 6.07) is 12.7. The molecule has 3 rings (SSSR count). The van der Waals surface area contributed by atoms with Crippen molar-refractivity contribution in [2.75, 3.05) is 0 Å². The topological polar surface area (TPSA) is 15.8 Å². The molecule has 2 aromatic heterocycles. The number of nitrogens with one attached hydrogen (secondary N) is 1. The third-order valence-corrected chi connectivity index (χ3v) is 3.27. The van der Waals surface area contributed by atoms with Crippen LogP contribution < -0.4 is 0 Å². The zero-order chi connectivity index (χ0) is 9.38. The van der Waals surface area contributed by atoms with Gasteiger partial charge in [-0.15, -0.1) is 11.3 Å². The van der Waals surface area contributed by atoms with E-state index < -0.39 is 0 Å². The fourth-order valence-electron chi connectivity index (χ4n) is 1.73. The Kier molecular flexibility index (Phi) is 1.67. The van der Waals surface area contributed by atoms with Crippen LogP contribution in [-0.2, 0) is 0 Å². The molecular weight excluding hydrogens is 190 g/mol. The van der Waals surface area contributed by atoms with Gasteiger partial charge in [0.1, 0.15) is 0 Å². The van der Waals surface area contributed by atoms with E-state index in [1.165, 1.54) is 21.3 Å². The molecule has 2 heterocycles. The molecule has 0 radical (unpaired) electrons. The summed E-state index contributed by atoms with van der Waals surface area (Å²) >= 11 is 1.78. The normalized spacial score (nSPS) is 10.9. The van der Waals surface area contributed by atoms with Crippen molar-refractivity contribution in [1.82, 2.24) is 4.98 Å². The molecule has 0 spiro atoms. The summed E-state index contributed by atoms with van der Waals surface area (Å²) in [6.45, 7) is 0. The van der Waals surface area contributed by atoms with Crippen LogP contribution in [0, 0.1) is 0 Å². The zero-order valence-corrected chi connectivity index (χ0v) is 8.34. The van der Waals surface area contributed by atoms with E-state index in [0.29, 0.717) is 0 Å². The van der Waals surface area contributed by atoms with E-state index in [1.54, 1.807) is 11.3 Å². The third kappa shape index (κ3) is 1.08. The van der Waals surface area contributed by atoms with Gasteiger partial charge in [0.05, 0.1) is 0 Å². The van der Waals surface area contributed by atoms with E-state index in [9.17, 15) is 0 Å². The van der Waals surface area contributed by atoms with Crippen LogP contribution in [-0.4, -0.2) is 4.98 Å². The number of benzene rings is 1. The SMILES string of the molecule is c1c[nH]c(-c2cccc3sccc23)c1. The summed E-state index contributed by atoms with van der Waals surface area (Å²) in [5.74, 6) is 0. The number of hydrogen-bond acceptors (Lipinski definition) is 1. The number of hydrogen-bond donors (Lipinski definition) is 1. The summed E-state index contributed by atoms with van der Waals surface area (Å²) < 4.78 is 1.34. The second kappa shape index (κ2) is 3.00. The summed E-state index contributed by atoms with van der Waals surface area (Å²) in [6.07, 6.45) is 1.96. The molecule has 1 N–H and O–H groups in total. The molecule has 2 heteroatoms. The maximum atomic E-state index is 3.24. The van der Waals surface area contributed by atoms with Crippen LogP contribution in [0.1, 0.15) is 0 Å². The number of thiophene rings is 1. The molecule has 0 atom stereocenters. The average molecular weight is 199 g/mol. The van der Waals surface area contributed by atoms with Crippen LogP contribution in [0.4, 0.5) is 0 Å². The van der Waals surface area contributed by atoms with E-state index in [0.717, 1.165) is 0 Å². The predicted molar refractivity (Wildman–Crippen MR) is 61.6 cm³/mol. The summed E-state index contributed by atoms with van der Waals surface area (Å²) in [5, 5.41) is 3.47. The van der Waals surface area contributed by atoms with Gasteiger partial charge in [0, 0.05) is 27.5 Å². The molecule has 3 aromatic rings. The largest absolute Gasteiger partial charge is 0.361 e. The summed E-state index contributed by atoms with van der Waals surface area (Å²) in [4.78, 5) is 3.24. The van der Waals surface area contributed by atoms with Crippen molar-refractivity contribution in [2.45, 2.75) is 0 Å². The van der Waals surface area contributed by atoms with Gasteiger partial charge < -0.3 is 4.98 Å². The van der Waals surface area contributed by atoms with Gasteiger partial charge in [0.2, 0.25) is 0 Å². The Balaban J connectivity index is 2.36. The molecule has 0 aliphatic heterocycles. The van der Waals surface area contributed by atoms with Gasteiger partial charge in [-0.25, -0.2) is 0 Å². The average Bonchev–Trinajstić information content (AvgIpc) is 2.88. The lowest BCUT2D eigenvalue weighted by Crippen LogP contribution is -1.76. The first-order valence-electron chi connectivity index (χ1n) is 4.55. The molecule has 0 unspecified atom stereocenters. The Morgan fingerprint density at radius 3 is 2.86 bits per heavy atom. The maximum absolute atomic E-state index is 3.24. The van der Waals surface area contributed by atoms with E-state index in [-0.39, 0.29) is 0 Å². The lowest BCUT2D eigenvalue weighted by Gasteiger charge is -1.99. The lowest BCUT2D eigenvalue weighted by molar-refractivity contribution is 1.41. The molecule has 0 bridgehead atoms. The van der Waals surface area contributed by atoms with Gasteiger partial charge >= 0.3 is 0 Å². The molecule has 0 amide bonds. The minimum absolute atomic E-state index is 1.19. The van der Waals surface area contributed by atoms with Crippen molar-refractivity contribution in [2.24, 2.45) is 0 Å². The second-order valence-electron chi connectivity index (χ2n) is 3.22. The molecule has 0 saturated heterocycles. The van der Waals surface area contributed by atoms with Crippen LogP contribution in [0.3, 0.4) is 0 Å². The number of rotatable bonds is 1. The molecule has 0 aliphatic rings. The van der Waals surface area contributed by atoms with Crippen molar-refractivity contribution >= 4 is 21.4 Å². The Morgan fingerprint density at radius 2 is 2.00 bits per heavy atom. The van der Waals surface area contributed by atoms with Gasteiger partial charge in [-0.3, -0.25) is 0 Å². The molecule has 1 nitrogen and oxygen atoms in total. The van der Waals surface area contributed by atoms with Crippen LogP contribution in [0.5, 0.6) is 0 Å². The first-order chi connectivity index (χ1) is 6.95. The fraction of sp³-hybridized carbons (Fsp3) is 0. The Bertz CT molecular complexity index is 548. The molecule has 0 aliphatic carbocycles. The molecule has 0 saturated carbocycles. The van der Waals surface area contributed by atoms with Crippen molar-refractivity contribution < 1.29 is 0 Å². The highest BCUT2D eigenvalue weighted by molar-refractivity contribution is 7.17. The van der Waals surface area contributed by atoms with Crippen molar-refractivity contribution in [1.29, 1.82) is 0 Å². The van der Waals surface area contributed by atoms with Crippen LogP contribution in [0.2, 0.25) is 0 Å². The number of fused-ring (bicyclic) bond motifs is 1. The molecule has 1 aromatic carbocycles. The van der Waals surface area contributed by atoms with Gasteiger partial charge in [0.15, 0.2) is 0 Å². The number of aromatic amines is 1. The molecule has 14 heavy (non-hydrogen) atoms. The van der Waals surface area contributed by atoms with Crippen molar-refractivity contribution in [3.8, 4) is 11.3 Å². The Hall–Kier alpha value is -1.54. The van der Waals surface area contributed by atoms with E-state index in [4.69, 9.17) is 0 Å². The first-order valence-corrected chi connectivity index (χ1v) is 5.43. The third-order valence-electron chi connectivity index (χ3n) is 2.38. The van der Waals surface area contributed by atoms with E-state index >= 15 is 0 Å². The highest BCUT2D eigenvalue weighted by Gasteiger charge is 2.03. The minimum Gasteiger partial charge on any atom is -0.361 e. The quantitative estimate of drug-likeness (QED) is 0.612. The van der Waals surface area contributed by atoms with E-state index in [2.05, 4.69) is 40.7 Å². The van der Waals surface area contributed by atoms with Gasteiger partial charge in [-0.1, -0.05) is 12.1 Å². The molecule has 68 valence electrons. The van der Waals surface area contributed by atoms with Gasteiger partial charge in [-0.2, -0.15) is 0 Å². The summed E-state index contributed by atoms with van der Waals surface area (Å²) in [5.41, 5.74) is 2.47. The number of aromatic nitrogens is 1. The van der Waals surface area contributed by atoms with Crippen molar-refractivity contribution in [3.63, 3.8) is 0 Å². The van der Waals surface area contributed by atoms with E-state index in [1.807, 2.05) is 12.3 Å². The van der Waals surface area contributed by atoms with Crippen molar-refractivity contribution in [3.05, 3.63) is 48.0 Å². The monoisotopic (exact) mass is 199 g/mol. The standard InChI is InChI=1S/C12H9NS/c1-3-9(11-4-2-7-13-11)10-6-8-14-12(10)5-1/h1-8,13H. The zero-order valence-electron chi connectivity index (χ0n) is 7.53. The van der Waals surface area contributed by atoms with Gasteiger partial charge in [-0.05, 0) is 29.6 Å². The van der Waals surface area contributed by atoms with Crippen LogP contribution in [0.15, 0.2) is 48.0 Å².